The Kier molecular flexibility index (Phi) is 4.38. The molecule has 0 saturated heterocycles. The molecule has 0 aliphatic rings. The van der Waals surface area contributed by atoms with Gasteiger partial charge in [-0.05, 0) is 75.0 Å². The third-order valence-electron chi connectivity index (χ3n) is 2.15. The SMILES string of the molecule is Clc1ccc(-c2ccc(I)cc2I)c(Cl)c1. The van der Waals surface area contributed by atoms with Crippen LogP contribution < -0.4 is 0 Å². The lowest BCUT2D eigenvalue weighted by Crippen LogP contribution is -1.85. The largest absolute Gasteiger partial charge is 0.0843 e. The van der Waals surface area contributed by atoms with Crippen molar-refractivity contribution >= 4 is 68.4 Å². The monoisotopic (exact) mass is 474 g/mol. The summed E-state index contributed by atoms with van der Waals surface area (Å²) in [5.74, 6) is 0. The lowest BCUT2D eigenvalue weighted by Gasteiger charge is -2.07. The lowest BCUT2D eigenvalue weighted by molar-refractivity contribution is 1.55. The summed E-state index contributed by atoms with van der Waals surface area (Å²) in [7, 11) is 0. The summed E-state index contributed by atoms with van der Waals surface area (Å²) in [5.41, 5.74) is 2.16. The van der Waals surface area contributed by atoms with Gasteiger partial charge >= 0.3 is 0 Å². The molecule has 4 heteroatoms. The summed E-state index contributed by atoms with van der Waals surface area (Å²) in [6, 6.07) is 11.9. The van der Waals surface area contributed by atoms with Crippen molar-refractivity contribution < 1.29 is 0 Å². The topological polar surface area (TPSA) is 0 Å². The van der Waals surface area contributed by atoms with Crippen LogP contribution in [-0.4, -0.2) is 0 Å². The number of halogens is 4. The highest BCUT2D eigenvalue weighted by Gasteiger charge is 2.07. The molecule has 0 spiro atoms. The molecule has 0 amide bonds. The molecule has 0 saturated carbocycles. The minimum absolute atomic E-state index is 0.661. The fourth-order valence-corrected chi connectivity index (χ4v) is 3.82. The fourth-order valence-electron chi connectivity index (χ4n) is 1.42. The normalized spacial score (nSPS) is 10.5. The van der Waals surface area contributed by atoms with Gasteiger partial charge in [-0.1, -0.05) is 35.3 Å². The van der Waals surface area contributed by atoms with E-state index in [1.54, 1.807) is 6.07 Å². The molecule has 0 aliphatic heterocycles. The van der Waals surface area contributed by atoms with Gasteiger partial charge in [0.15, 0.2) is 0 Å². The van der Waals surface area contributed by atoms with E-state index in [2.05, 4.69) is 63.4 Å². The molecule has 0 unspecified atom stereocenters. The Bertz CT molecular complexity index is 489. The van der Waals surface area contributed by atoms with Crippen molar-refractivity contribution in [2.75, 3.05) is 0 Å². The highest BCUT2D eigenvalue weighted by molar-refractivity contribution is 14.1. The van der Waals surface area contributed by atoms with Gasteiger partial charge in [-0.25, -0.2) is 0 Å². The van der Waals surface area contributed by atoms with E-state index in [0.717, 1.165) is 11.1 Å². The molecule has 2 rings (SSSR count). The summed E-state index contributed by atoms with van der Waals surface area (Å²) in [6.07, 6.45) is 0. The lowest BCUT2D eigenvalue weighted by atomic mass is 10.1. The van der Waals surface area contributed by atoms with Crippen LogP contribution >= 0.6 is 68.4 Å². The van der Waals surface area contributed by atoms with Gasteiger partial charge in [0.1, 0.15) is 0 Å². The molecule has 0 N–H and O–H groups in total. The Morgan fingerprint density at radius 2 is 1.50 bits per heavy atom. The maximum absolute atomic E-state index is 6.19. The second-order valence-electron chi connectivity index (χ2n) is 3.25. The predicted molar refractivity (Wildman–Crippen MR) is 87.3 cm³/mol. The summed E-state index contributed by atoms with van der Waals surface area (Å²) < 4.78 is 2.41. The van der Waals surface area contributed by atoms with E-state index < -0.39 is 0 Å². The van der Waals surface area contributed by atoms with Crippen LogP contribution in [0.15, 0.2) is 36.4 Å². The van der Waals surface area contributed by atoms with Gasteiger partial charge in [0.25, 0.3) is 0 Å². The molecule has 0 aliphatic carbocycles. The molecule has 0 bridgehead atoms. The van der Waals surface area contributed by atoms with E-state index >= 15 is 0 Å². The van der Waals surface area contributed by atoms with E-state index in [4.69, 9.17) is 23.2 Å². The second kappa shape index (κ2) is 5.42. The molecule has 0 atom stereocenters. The summed E-state index contributed by atoms with van der Waals surface area (Å²) in [4.78, 5) is 0. The zero-order valence-corrected chi connectivity index (χ0v) is 13.8. The van der Waals surface area contributed by atoms with Gasteiger partial charge in [-0.3, -0.25) is 0 Å². The molecular weight excluding hydrogens is 469 g/mol. The summed E-state index contributed by atoms with van der Waals surface area (Å²) in [5, 5.41) is 1.35. The quantitative estimate of drug-likeness (QED) is 0.453. The highest BCUT2D eigenvalue weighted by atomic mass is 127. The molecular formula is C12H6Cl2I2. The molecule has 0 heterocycles. The third-order valence-corrected chi connectivity index (χ3v) is 4.26. The van der Waals surface area contributed by atoms with Crippen LogP contribution in [0.1, 0.15) is 0 Å². The van der Waals surface area contributed by atoms with Gasteiger partial charge in [-0.15, -0.1) is 0 Å². The zero-order chi connectivity index (χ0) is 11.7. The minimum Gasteiger partial charge on any atom is -0.0843 e. The maximum Gasteiger partial charge on any atom is 0.0499 e. The zero-order valence-electron chi connectivity index (χ0n) is 7.98. The van der Waals surface area contributed by atoms with Crippen molar-refractivity contribution in [3.8, 4) is 11.1 Å². The summed E-state index contributed by atoms with van der Waals surface area (Å²) >= 11 is 16.7. The molecule has 16 heavy (non-hydrogen) atoms. The minimum atomic E-state index is 0.661. The first-order chi connectivity index (χ1) is 7.58. The number of rotatable bonds is 1. The van der Waals surface area contributed by atoms with Crippen molar-refractivity contribution in [2.24, 2.45) is 0 Å². The van der Waals surface area contributed by atoms with E-state index in [1.807, 2.05) is 12.1 Å². The van der Waals surface area contributed by atoms with E-state index in [-0.39, 0.29) is 0 Å². The van der Waals surface area contributed by atoms with Gasteiger partial charge < -0.3 is 0 Å². The van der Waals surface area contributed by atoms with Crippen molar-refractivity contribution in [1.82, 2.24) is 0 Å². The number of hydrogen-bond acceptors (Lipinski definition) is 0. The fraction of sp³-hybridized carbons (Fsp3) is 0. The van der Waals surface area contributed by atoms with Gasteiger partial charge in [0.2, 0.25) is 0 Å². The molecule has 2 aromatic carbocycles. The number of benzene rings is 2. The molecule has 0 fully saturated rings. The summed E-state index contributed by atoms with van der Waals surface area (Å²) in [6.45, 7) is 0. The Labute approximate surface area is 132 Å². The van der Waals surface area contributed by atoms with Crippen molar-refractivity contribution in [3.63, 3.8) is 0 Å². The smallest absolute Gasteiger partial charge is 0.0499 e. The molecule has 0 aromatic heterocycles. The Hall–Kier alpha value is 0.480. The first kappa shape index (κ1) is 12.9. The Morgan fingerprint density at radius 1 is 0.812 bits per heavy atom. The van der Waals surface area contributed by atoms with Crippen LogP contribution in [0.3, 0.4) is 0 Å². The Morgan fingerprint density at radius 3 is 2.12 bits per heavy atom. The third kappa shape index (κ3) is 2.83. The molecule has 0 radical (unpaired) electrons. The van der Waals surface area contributed by atoms with E-state index in [9.17, 15) is 0 Å². The highest BCUT2D eigenvalue weighted by Crippen LogP contribution is 2.33. The van der Waals surface area contributed by atoms with Gasteiger partial charge in [-0.2, -0.15) is 0 Å². The molecule has 2 aromatic rings. The van der Waals surface area contributed by atoms with Crippen LogP contribution in [0.5, 0.6) is 0 Å². The van der Waals surface area contributed by atoms with E-state index in [0.29, 0.717) is 10.0 Å². The second-order valence-corrected chi connectivity index (χ2v) is 6.50. The van der Waals surface area contributed by atoms with Gasteiger partial charge in [0.05, 0.1) is 0 Å². The first-order valence-electron chi connectivity index (χ1n) is 4.48. The van der Waals surface area contributed by atoms with Crippen molar-refractivity contribution in [2.45, 2.75) is 0 Å². The van der Waals surface area contributed by atoms with Crippen molar-refractivity contribution in [3.05, 3.63) is 53.6 Å². The Balaban J connectivity index is 2.59. The van der Waals surface area contributed by atoms with Crippen LogP contribution in [0.25, 0.3) is 11.1 Å². The maximum atomic E-state index is 6.19. The van der Waals surface area contributed by atoms with Crippen LogP contribution in [0.4, 0.5) is 0 Å². The predicted octanol–water partition coefficient (Wildman–Crippen LogP) is 5.87. The van der Waals surface area contributed by atoms with Crippen molar-refractivity contribution in [1.29, 1.82) is 0 Å². The van der Waals surface area contributed by atoms with Crippen LogP contribution in [0.2, 0.25) is 10.0 Å². The average Bonchev–Trinajstić information content (AvgIpc) is 2.19. The molecule has 0 nitrogen and oxygen atoms in total. The number of hydrogen-bond donors (Lipinski definition) is 0. The van der Waals surface area contributed by atoms with Crippen LogP contribution in [-0.2, 0) is 0 Å². The standard InChI is InChI=1S/C12H6Cl2I2/c13-7-1-3-9(11(14)5-7)10-4-2-8(15)6-12(10)16/h1-6H. The average molecular weight is 475 g/mol. The first-order valence-corrected chi connectivity index (χ1v) is 7.40. The van der Waals surface area contributed by atoms with Gasteiger partial charge in [0, 0.05) is 22.7 Å². The van der Waals surface area contributed by atoms with E-state index in [1.165, 1.54) is 7.14 Å². The van der Waals surface area contributed by atoms with Crippen LogP contribution in [0, 0.1) is 7.14 Å². The molecule has 82 valence electrons.